The van der Waals surface area contributed by atoms with Gasteiger partial charge in [-0.3, -0.25) is 5.32 Å². The first-order valence-corrected chi connectivity index (χ1v) is 6.33. The Morgan fingerprint density at radius 2 is 2.26 bits per heavy atom. The second kappa shape index (κ2) is 7.67. The molecule has 0 aliphatic heterocycles. The van der Waals surface area contributed by atoms with Crippen LogP contribution in [-0.4, -0.2) is 19.2 Å². The van der Waals surface area contributed by atoms with Crippen molar-refractivity contribution in [1.82, 2.24) is 0 Å². The molecular formula is C14H17ClN2O2. The van der Waals surface area contributed by atoms with Crippen molar-refractivity contribution in [2.75, 3.05) is 18.5 Å². The van der Waals surface area contributed by atoms with E-state index >= 15 is 0 Å². The standard InChI is InChI=1S/C14H17ClN2O2/c1-10(2)9-19-14(18)17-12-5-6-13(15)11(8-12)4-3-7-16/h5-6,8,10H,7,9,16H2,1-2H3,(H,17,18). The average molecular weight is 281 g/mol. The molecule has 0 aliphatic rings. The van der Waals surface area contributed by atoms with E-state index in [1.807, 2.05) is 13.8 Å². The van der Waals surface area contributed by atoms with Gasteiger partial charge in [-0.2, -0.15) is 0 Å². The van der Waals surface area contributed by atoms with Crippen LogP contribution in [0.1, 0.15) is 19.4 Å². The topological polar surface area (TPSA) is 64.3 Å². The second-order valence-corrected chi connectivity index (χ2v) is 4.73. The van der Waals surface area contributed by atoms with E-state index in [1.165, 1.54) is 0 Å². The molecule has 1 rings (SSSR count). The van der Waals surface area contributed by atoms with Gasteiger partial charge in [-0.05, 0) is 24.1 Å². The van der Waals surface area contributed by atoms with Crippen LogP contribution < -0.4 is 11.1 Å². The predicted molar refractivity (Wildman–Crippen MR) is 77.2 cm³/mol. The molecule has 0 bridgehead atoms. The van der Waals surface area contributed by atoms with Gasteiger partial charge in [-0.1, -0.05) is 37.3 Å². The summed E-state index contributed by atoms with van der Waals surface area (Å²) in [5.74, 6) is 5.85. The molecule has 1 aromatic rings. The molecule has 0 saturated carbocycles. The summed E-state index contributed by atoms with van der Waals surface area (Å²) in [4.78, 5) is 11.5. The minimum absolute atomic E-state index is 0.254. The van der Waals surface area contributed by atoms with Crippen LogP contribution in [0, 0.1) is 17.8 Å². The summed E-state index contributed by atoms with van der Waals surface area (Å²) in [6.07, 6.45) is -0.492. The van der Waals surface area contributed by atoms with Crippen LogP contribution in [0.5, 0.6) is 0 Å². The van der Waals surface area contributed by atoms with Crippen LogP contribution in [0.3, 0.4) is 0 Å². The number of amides is 1. The van der Waals surface area contributed by atoms with E-state index in [2.05, 4.69) is 17.2 Å². The lowest BCUT2D eigenvalue weighted by Gasteiger charge is -2.09. The molecular weight excluding hydrogens is 264 g/mol. The zero-order chi connectivity index (χ0) is 14.3. The molecule has 3 N–H and O–H groups in total. The Bertz CT molecular complexity index is 504. The monoisotopic (exact) mass is 280 g/mol. The van der Waals surface area contributed by atoms with Crippen molar-refractivity contribution in [2.24, 2.45) is 11.7 Å². The molecule has 5 heteroatoms. The molecule has 0 atom stereocenters. The highest BCUT2D eigenvalue weighted by Crippen LogP contribution is 2.19. The Kier molecular flexibility index (Phi) is 6.20. The number of nitrogens with two attached hydrogens (primary N) is 1. The Morgan fingerprint density at radius 1 is 1.53 bits per heavy atom. The van der Waals surface area contributed by atoms with Gasteiger partial charge in [0.2, 0.25) is 0 Å². The summed E-state index contributed by atoms with van der Waals surface area (Å²) >= 11 is 5.98. The van der Waals surface area contributed by atoms with Crippen molar-refractivity contribution in [3.05, 3.63) is 28.8 Å². The van der Waals surface area contributed by atoms with E-state index in [-0.39, 0.29) is 6.54 Å². The molecule has 1 aromatic carbocycles. The number of carbonyl (C=O) groups excluding carboxylic acids is 1. The number of ether oxygens (including phenoxy) is 1. The minimum atomic E-state index is -0.492. The fourth-order valence-electron chi connectivity index (χ4n) is 1.24. The molecule has 0 heterocycles. The number of rotatable bonds is 3. The molecule has 0 spiro atoms. The van der Waals surface area contributed by atoms with Crippen molar-refractivity contribution in [3.8, 4) is 11.8 Å². The fourth-order valence-corrected chi connectivity index (χ4v) is 1.41. The van der Waals surface area contributed by atoms with Gasteiger partial charge in [0.25, 0.3) is 0 Å². The van der Waals surface area contributed by atoms with Crippen LogP contribution in [0.2, 0.25) is 5.02 Å². The van der Waals surface area contributed by atoms with E-state index in [1.54, 1.807) is 18.2 Å². The second-order valence-electron chi connectivity index (χ2n) is 4.32. The van der Waals surface area contributed by atoms with Gasteiger partial charge in [0.1, 0.15) is 0 Å². The van der Waals surface area contributed by atoms with E-state index in [0.717, 1.165) is 0 Å². The smallest absolute Gasteiger partial charge is 0.411 e. The van der Waals surface area contributed by atoms with E-state index < -0.39 is 6.09 Å². The molecule has 102 valence electrons. The summed E-state index contributed by atoms with van der Waals surface area (Å²) in [7, 11) is 0. The van der Waals surface area contributed by atoms with E-state index in [0.29, 0.717) is 28.8 Å². The molecule has 0 aromatic heterocycles. The van der Waals surface area contributed by atoms with Crippen molar-refractivity contribution in [2.45, 2.75) is 13.8 Å². The molecule has 1 amide bonds. The van der Waals surface area contributed by atoms with Gasteiger partial charge in [0.05, 0.1) is 18.2 Å². The number of nitrogens with one attached hydrogen (secondary N) is 1. The maximum Gasteiger partial charge on any atom is 0.411 e. The molecule has 0 saturated heterocycles. The first kappa shape index (κ1) is 15.4. The van der Waals surface area contributed by atoms with Crippen LogP contribution in [0.25, 0.3) is 0 Å². The highest BCUT2D eigenvalue weighted by Gasteiger charge is 2.06. The summed E-state index contributed by atoms with van der Waals surface area (Å²) in [5.41, 5.74) is 6.51. The van der Waals surface area contributed by atoms with Crippen LogP contribution in [0.15, 0.2) is 18.2 Å². The van der Waals surface area contributed by atoms with Crippen LogP contribution in [-0.2, 0) is 4.74 Å². The Hall–Kier alpha value is -1.70. The van der Waals surface area contributed by atoms with Gasteiger partial charge in [0.15, 0.2) is 0 Å². The lowest BCUT2D eigenvalue weighted by molar-refractivity contribution is 0.147. The predicted octanol–water partition coefficient (Wildman–Crippen LogP) is 2.85. The lowest BCUT2D eigenvalue weighted by atomic mass is 10.2. The number of hydrogen-bond donors (Lipinski definition) is 2. The SMILES string of the molecule is CC(C)COC(=O)Nc1ccc(Cl)c(C#CCN)c1. The lowest BCUT2D eigenvalue weighted by Crippen LogP contribution is -2.16. The third-order valence-corrected chi connectivity index (χ3v) is 2.42. The fraction of sp³-hybridized carbons (Fsp3) is 0.357. The summed E-state index contributed by atoms with van der Waals surface area (Å²) in [6, 6.07) is 5.04. The van der Waals surface area contributed by atoms with Crippen molar-refractivity contribution >= 4 is 23.4 Å². The van der Waals surface area contributed by atoms with Gasteiger partial charge in [0, 0.05) is 11.3 Å². The van der Waals surface area contributed by atoms with Crippen LogP contribution >= 0.6 is 11.6 Å². The summed E-state index contributed by atoms with van der Waals surface area (Å²) in [6.45, 7) is 4.57. The van der Waals surface area contributed by atoms with Gasteiger partial charge >= 0.3 is 6.09 Å². The summed E-state index contributed by atoms with van der Waals surface area (Å²) < 4.78 is 5.02. The maximum absolute atomic E-state index is 11.5. The van der Waals surface area contributed by atoms with Crippen molar-refractivity contribution in [3.63, 3.8) is 0 Å². The highest BCUT2D eigenvalue weighted by molar-refractivity contribution is 6.31. The third kappa shape index (κ3) is 5.64. The molecule has 4 nitrogen and oxygen atoms in total. The van der Waals surface area contributed by atoms with E-state index in [9.17, 15) is 4.79 Å². The quantitative estimate of drug-likeness (QED) is 0.837. The average Bonchev–Trinajstić information content (AvgIpc) is 2.37. The first-order valence-electron chi connectivity index (χ1n) is 5.95. The number of carbonyl (C=O) groups is 1. The van der Waals surface area contributed by atoms with Gasteiger partial charge in [-0.15, -0.1) is 0 Å². The van der Waals surface area contributed by atoms with Gasteiger partial charge in [-0.25, -0.2) is 4.79 Å². The Morgan fingerprint density at radius 3 is 2.89 bits per heavy atom. The minimum Gasteiger partial charge on any atom is -0.449 e. The van der Waals surface area contributed by atoms with Crippen molar-refractivity contribution < 1.29 is 9.53 Å². The zero-order valence-corrected chi connectivity index (χ0v) is 11.8. The number of benzene rings is 1. The molecule has 0 unspecified atom stereocenters. The maximum atomic E-state index is 11.5. The highest BCUT2D eigenvalue weighted by atomic mass is 35.5. The van der Waals surface area contributed by atoms with E-state index in [4.69, 9.17) is 22.1 Å². The third-order valence-electron chi connectivity index (χ3n) is 2.09. The Labute approximate surface area is 118 Å². The van der Waals surface area contributed by atoms with Gasteiger partial charge < -0.3 is 10.5 Å². The number of halogens is 1. The first-order chi connectivity index (χ1) is 9.02. The largest absolute Gasteiger partial charge is 0.449 e. The zero-order valence-electron chi connectivity index (χ0n) is 11.0. The van der Waals surface area contributed by atoms with Crippen LogP contribution in [0.4, 0.5) is 10.5 Å². The normalized spacial score (nSPS) is 9.74. The molecule has 0 fully saturated rings. The molecule has 0 aliphatic carbocycles. The number of anilines is 1. The summed E-state index contributed by atoms with van der Waals surface area (Å²) in [5, 5.41) is 3.14. The number of hydrogen-bond acceptors (Lipinski definition) is 3. The molecule has 0 radical (unpaired) electrons. The van der Waals surface area contributed by atoms with Crippen molar-refractivity contribution in [1.29, 1.82) is 0 Å². The molecule has 19 heavy (non-hydrogen) atoms. The Balaban J connectivity index is 2.71.